The van der Waals surface area contributed by atoms with Gasteiger partial charge < -0.3 is 15.8 Å². The zero-order valence-electron chi connectivity index (χ0n) is 12.1. The third kappa shape index (κ3) is 4.66. The highest BCUT2D eigenvalue weighted by atomic mass is 16.5. The Balaban J connectivity index is 2.62. The van der Waals surface area contributed by atoms with Gasteiger partial charge in [0.2, 0.25) is 5.91 Å². The molecule has 0 saturated heterocycles. The van der Waals surface area contributed by atoms with Crippen molar-refractivity contribution < 1.29 is 14.3 Å². The van der Waals surface area contributed by atoms with Crippen molar-refractivity contribution in [2.75, 3.05) is 7.11 Å². The van der Waals surface area contributed by atoms with E-state index in [2.05, 4.69) is 10.1 Å². The second-order valence-corrected chi connectivity index (χ2v) is 5.05. The second-order valence-electron chi connectivity index (χ2n) is 5.05. The van der Waals surface area contributed by atoms with Crippen LogP contribution in [0.15, 0.2) is 30.3 Å². The van der Waals surface area contributed by atoms with E-state index in [0.717, 1.165) is 5.56 Å². The molecule has 1 rings (SSSR count). The molecule has 1 amide bonds. The first-order chi connectivity index (χ1) is 9.45. The molecule has 3 N–H and O–H groups in total. The summed E-state index contributed by atoms with van der Waals surface area (Å²) in [4.78, 5) is 23.6. The van der Waals surface area contributed by atoms with Crippen LogP contribution < -0.4 is 11.1 Å². The molecule has 0 unspecified atom stereocenters. The molecule has 0 bridgehead atoms. The molecule has 0 aliphatic rings. The van der Waals surface area contributed by atoms with E-state index < -0.39 is 18.1 Å². The number of amides is 1. The van der Waals surface area contributed by atoms with Crippen molar-refractivity contribution in [3.05, 3.63) is 35.9 Å². The Kier molecular flexibility index (Phi) is 6.18. The normalized spacial score (nSPS) is 13.7. The van der Waals surface area contributed by atoms with E-state index in [9.17, 15) is 9.59 Å². The molecule has 5 nitrogen and oxygen atoms in total. The topological polar surface area (TPSA) is 81.4 Å². The van der Waals surface area contributed by atoms with Gasteiger partial charge in [-0.05, 0) is 17.9 Å². The fourth-order valence-electron chi connectivity index (χ4n) is 1.85. The molecule has 2 atom stereocenters. The van der Waals surface area contributed by atoms with Crippen molar-refractivity contribution in [2.24, 2.45) is 11.7 Å². The Bertz CT molecular complexity index is 446. The van der Waals surface area contributed by atoms with Gasteiger partial charge in [0, 0.05) is 0 Å². The molecule has 5 heteroatoms. The summed E-state index contributed by atoms with van der Waals surface area (Å²) in [7, 11) is 1.30. The molecule has 1 aromatic rings. The predicted molar refractivity (Wildman–Crippen MR) is 76.9 cm³/mol. The Hall–Kier alpha value is -1.88. The molecular formula is C15H22N2O3. The van der Waals surface area contributed by atoms with E-state index in [1.165, 1.54) is 7.11 Å². The van der Waals surface area contributed by atoms with Gasteiger partial charge in [0.05, 0.1) is 13.2 Å². The van der Waals surface area contributed by atoms with Gasteiger partial charge in [-0.3, -0.25) is 4.79 Å². The average molecular weight is 278 g/mol. The third-order valence-electron chi connectivity index (χ3n) is 3.05. The van der Waals surface area contributed by atoms with Crippen LogP contribution in [0.2, 0.25) is 0 Å². The van der Waals surface area contributed by atoms with E-state index in [4.69, 9.17) is 5.73 Å². The maximum Gasteiger partial charge on any atom is 0.328 e. The number of hydrogen-bond acceptors (Lipinski definition) is 4. The Morgan fingerprint density at radius 1 is 1.25 bits per heavy atom. The van der Waals surface area contributed by atoms with Crippen LogP contribution in [0.1, 0.15) is 19.4 Å². The highest BCUT2D eigenvalue weighted by molar-refractivity contribution is 5.87. The molecule has 0 aromatic heterocycles. The van der Waals surface area contributed by atoms with E-state index in [0.29, 0.717) is 6.42 Å². The largest absolute Gasteiger partial charge is 0.467 e. The van der Waals surface area contributed by atoms with Crippen molar-refractivity contribution in [2.45, 2.75) is 32.4 Å². The lowest BCUT2D eigenvalue weighted by Crippen LogP contribution is -2.51. The summed E-state index contributed by atoms with van der Waals surface area (Å²) in [5.74, 6) is -0.867. The van der Waals surface area contributed by atoms with E-state index in [1.807, 2.05) is 44.2 Å². The number of esters is 1. The fourth-order valence-corrected chi connectivity index (χ4v) is 1.85. The van der Waals surface area contributed by atoms with Gasteiger partial charge in [-0.1, -0.05) is 44.2 Å². The van der Waals surface area contributed by atoms with Crippen LogP contribution in [0.4, 0.5) is 0 Å². The second kappa shape index (κ2) is 7.65. The van der Waals surface area contributed by atoms with E-state index in [-0.39, 0.29) is 11.8 Å². The molecule has 1 aromatic carbocycles. The van der Waals surface area contributed by atoms with Crippen molar-refractivity contribution in [3.63, 3.8) is 0 Å². The number of methoxy groups -OCH3 is 1. The van der Waals surface area contributed by atoms with Gasteiger partial charge >= 0.3 is 5.97 Å². The Morgan fingerprint density at radius 2 is 1.85 bits per heavy atom. The molecule has 0 fully saturated rings. The van der Waals surface area contributed by atoms with Crippen LogP contribution >= 0.6 is 0 Å². The van der Waals surface area contributed by atoms with Crippen molar-refractivity contribution in [1.29, 1.82) is 0 Å². The fraction of sp³-hybridized carbons (Fsp3) is 0.467. The lowest BCUT2D eigenvalue weighted by molar-refractivity contribution is -0.146. The number of carbonyl (C=O) groups excluding carboxylic acids is 2. The number of benzene rings is 1. The van der Waals surface area contributed by atoms with Crippen LogP contribution in [0.25, 0.3) is 0 Å². The zero-order valence-corrected chi connectivity index (χ0v) is 12.1. The summed E-state index contributed by atoms with van der Waals surface area (Å²) in [6.45, 7) is 3.68. The van der Waals surface area contributed by atoms with Crippen LogP contribution in [0, 0.1) is 5.92 Å². The monoisotopic (exact) mass is 278 g/mol. The molecular weight excluding hydrogens is 256 g/mol. The van der Waals surface area contributed by atoms with Gasteiger partial charge in [0.1, 0.15) is 6.04 Å². The minimum Gasteiger partial charge on any atom is -0.467 e. The van der Waals surface area contributed by atoms with E-state index in [1.54, 1.807) is 0 Å². The summed E-state index contributed by atoms with van der Waals surface area (Å²) in [6, 6.07) is 8.15. The highest BCUT2D eigenvalue weighted by Crippen LogP contribution is 2.06. The van der Waals surface area contributed by atoms with Gasteiger partial charge in [-0.2, -0.15) is 0 Å². The molecule has 0 saturated carbocycles. The predicted octanol–water partition coefficient (Wildman–Crippen LogP) is 0.870. The van der Waals surface area contributed by atoms with Crippen LogP contribution in [-0.4, -0.2) is 31.1 Å². The van der Waals surface area contributed by atoms with Crippen molar-refractivity contribution >= 4 is 11.9 Å². The molecule has 0 spiro atoms. The zero-order chi connectivity index (χ0) is 15.1. The summed E-state index contributed by atoms with van der Waals surface area (Å²) in [5, 5.41) is 2.65. The van der Waals surface area contributed by atoms with Gasteiger partial charge in [0.25, 0.3) is 0 Å². The first kappa shape index (κ1) is 16.2. The number of rotatable bonds is 6. The van der Waals surface area contributed by atoms with Crippen molar-refractivity contribution in [3.8, 4) is 0 Å². The first-order valence-electron chi connectivity index (χ1n) is 6.63. The smallest absolute Gasteiger partial charge is 0.328 e. The van der Waals surface area contributed by atoms with Crippen LogP contribution in [0.5, 0.6) is 0 Å². The van der Waals surface area contributed by atoms with Gasteiger partial charge in [-0.15, -0.1) is 0 Å². The van der Waals surface area contributed by atoms with E-state index >= 15 is 0 Å². The molecule has 0 aliphatic carbocycles. The Morgan fingerprint density at radius 3 is 2.35 bits per heavy atom. The first-order valence-corrected chi connectivity index (χ1v) is 6.63. The summed E-state index contributed by atoms with van der Waals surface area (Å²) < 4.78 is 4.68. The number of carbonyl (C=O) groups is 2. The summed E-state index contributed by atoms with van der Waals surface area (Å²) >= 11 is 0. The lowest BCUT2D eigenvalue weighted by Gasteiger charge is -2.22. The van der Waals surface area contributed by atoms with Crippen LogP contribution in [0.3, 0.4) is 0 Å². The standard InChI is InChI=1S/C15H22N2O3/c1-10(2)13(15(19)20-3)17-14(18)12(16)9-11-7-5-4-6-8-11/h4-8,10,12-13H,9,16H2,1-3H3,(H,17,18)/t12-,13-/m0/s1. The highest BCUT2D eigenvalue weighted by Gasteiger charge is 2.27. The summed E-state index contributed by atoms with van der Waals surface area (Å²) in [6.07, 6.45) is 0.429. The minimum absolute atomic E-state index is 0.0599. The average Bonchev–Trinajstić information content (AvgIpc) is 2.44. The van der Waals surface area contributed by atoms with Gasteiger partial charge in [0.15, 0.2) is 0 Å². The molecule has 0 radical (unpaired) electrons. The molecule has 0 aliphatic heterocycles. The maximum atomic E-state index is 12.0. The number of ether oxygens (including phenoxy) is 1. The Labute approximate surface area is 119 Å². The molecule has 0 heterocycles. The number of nitrogens with two attached hydrogens (primary N) is 1. The maximum absolute atomic E-state index is 12.0. The van der Waals surface area contributed by atoms with Gasteiger partial charge in [-0.25, -0.2) is 4.79 Å². The SMILES string of the molecule is COC(=O)[C@@H](NC(=O)[C@@H](N)Cc1ccccc1)C(C)C. The van der Waals surface area contributed by atoms with Crippen molar-refractivity contribution in [1.82, 2.24) is 5.32 Å². The lowest BCUT2D eigenvalue weighted by atomic mass is 10.0. The summed E-state index contributed by atoms with van der Waals surface area (Å²) in [5.41, 5.74) is 6.86. The molecule has 110 valence electrons. The molecule has 20 heavy (non-hydrogen) atoms. The third-order valence-corrected chi connectivity index (χ3v) is 3.05. The number of nitrogens with one attached hydrogen (secondary N) is 1. The minimum atomic E-state index is -0.691. The van der Waals surface area contributed by atoms with Crippen LogP contribution in [-0.2, 0) is 20.7 Å². The number of hydrogen-bond donors (Lipinski definition) is 2. The quantitative estimate of drug-likeness (QED) is 0.757.